The lowest BCUT2D eigenvalue weighted by atomic mass is 10.00. The molecule has 4 nitrogen and oxygen atoms in total. The molecule has 0 radical (unpaired) electrons. The first-order chi connectivity index (χ1) is 11.8. The molecule has 1 amide bonds. The third-order valence-electron chi connectivity index (χ3n) is 5.57. The van der Waals surface area contributed by atoms with Crippen molar-refractivity contribution in [3.05, 3.63) is 34.9 Å². The molecule has 1 aliphatic heterocycles. The molecule has 1 fully saturated rings. The van der Waals surface area contributed by atoms with E-state index >= 15 is 0 Å². The fraction of sp³-hybridized carbons (Fsp3) is 0.619. The molecule has 25 heavy (non-hydrogen) atoms. The molecular formula is C21H32N2O2. The van der Waals surface area contributed by atoms with Gasteiger partial charge in [-0.25, -0.2) is 0 Å². The van der Waals surface area contributed by atoms with Crippen LogP contribution in [0.1, 0.15) is 61.0 Å². The van der Waals surface area contributed by atoms with Gasteiger partial charge in [-0.15, -0.1) is 0 Å². The second-order valence-corrected chi connectivity index (χ2v) is 7.59. The van der Waals surface area contributed by atoms with Crippen LogP contribution < -0.4 is 0 Å². The summed E-state index contributed by atoms with van der Waals surface area (Å²) in [5, 5.41) is 0. The Labute approximate surface area is 152 Å². The predicted octanol–water partition coefficient (Wildman–Crippen LogP) is 3.60. The van der Waals surface area contributed by atoms with Crippen LogP contribution in [0.5, 0.6) is 0 Å². The Balaban J connectivity index is 1.83. The van der Waals surface area contributed by atoms with Crippen LogP contribution >= 0.6 is 0 Å². The molecule has 0 bridgehead atoms. The highest BCUT2D eigenvalue weighted by Gasteiger charge is 2.26. The van der Waals surface area contributed by atoms with E-state index in [1.54, 1.807) is 0 Å². The third kappa shape index (κ3) is 5.15. The van der Waals surface area contributed by atoms with Crippen LogP contribution in [0.4, 0.5) is 0 Å². The van der Waals surface area contributed by atoms with Crippen molar-refractivity contribution in [1.82, 2.24) is 9.80 Å². The Hall–Kier alpha value is -1.68. The molecule has 1 aromatic rings. The van der Waals surface area contributed by atoms with Gasteiger partial charge in [-0.1, -0.05) is 12.1 Å². The first-order valence-corrected chi connectivity index (χ1v) is 9.39. The Morgan fingerprint density at radius 3 is 2.32 bits per heavy atom. The van der Waals surface area contributed by atoms with E-state index < -0.39 is 0 Å². The monoisotopic (exact) mass is 344 g/mol. The molecule has 138 valence electrons. The summed E-state index contributed by atoms with van der Waals surface area (Å²) in [6.07, 6.45) is 2.63. The highest BCUT2D eigenvalue weighted by Crippen LogP contribution is 2.19. The zero-order valence-corrected chi connectivity index (χ0v) is 16.3. The molecule has 0 N–H and O–H groups in total. The van der Waals surface area contributed by atoms with Gasteiger partial charge >= 0.3 is 0 Å². The summed E-state index contributed by atoms with van der Waals surface area (Å²) in [6.45, 7) is 10.6. The molecule has 4 heteroatoms. The van der Waals surface area contributed by atoms with E-state index in [1.165, 1.54) is 5.56 Å². The maximum absolute atomic E-state index is 12.5. The molecule has 2 rings (SSSR count). The predicted molar refractivity (Wildman–Crippen MR) is 102 cm³/mol. The van der Waals surface area contributed by atoms with Gasteiger partial charge in [0, 0.05) is 50.6 Å². The van der Waals surface area contributed by atoms with Crippen LogP contribution in [0.25, 0.3) is 0 Å². The molecule has 1 heterocycles. The van der Waals surface area contributed by atoms with Gasteiger partial charge in [-0.3, -0.25) is 9.59 Å². The van der Waals surface area contributed by atoms with Crippen molar-refractivity contribution in [3.8, 4) is 0 Å². The molecule has 1 aromatic carbocycles. The summed E-state index contributed by atoms with van der Waals surface area (Å²) in [4.78, 5) is 29.1. The maximum atomic E-state index is 12.5. The summed E-state index contributed by atoms with van der Waals surface area (Å²) in [7, 11) is 1.89. The number of piperidine rings is 1. The standard InChI is InChI=1S/C21H32N2O2/c1-15(2)23-12-10-19(11-13-23)22(5)21(25)9-8-20(24)18-7-6-16(3)17(4)14-18/h6-7,14-15,19H,8-13H2,1-5H3. The molecule has 0 spiro atoms. The highest BCUT2D eigenvalue weighted by molar-refractivity contribution is 5.98. The van der Waals surface area contributed by atoms with Crippen molar-refractivity contribution in [3.63, 3.8) is 0 Å². The van der Waals surface area contributed by atoms with Gasteiger partial charge in [-0.05, 0) is 57.7 Å². The number of amides is 1. The van der Waals surface area contributed by atoms with E-state index in [4.69, 9.17) is 0 Å². The quantitative estimate of drug-likeness (QED) is 0.740. The lowest BCUT2D eigenvalue weighted by Crippen LogP contribution is -2.47. The summed E-state index contributed by atoms with van der Waals surface area (Å²) >= 11 is 0. The molecule has 1 saturated heterocycles. The Bertz CT molecular complexity index is 616. The number of carbonyl (C=O) groups is 2. The average Bonchev–Trinajstić information content (AvgIpc) is 2.61. The molecule has 0 aliphatic carbocycles. The molecular weight excluding hydrogens is 312 g/mol. The fourth-order valence-electron chi connectivity index (χ4n) is 3.45. The van der Waals surface area contributed by atoms with E-state index in [1.807, 2.05) is 44.0 Å². The van der Waals surface area contributed by atoms with Crippen molar-refractivity contribution in [2.24, 2.45) is 0 Å². The largest absolute Gasteiger partial charge is 0.343 e. The molecule has 0 saturated carbocycles. The number of carbonyl (C=O) groups excluding carboxylic acids is 2. The van der Waals surface area contributed by atoms with E-state index in [9.17, 15) is 9.59 Å². The van der Waals surface area contributed by atoms with Gasteiger partial charge in [0.05, 0.1) is 0 Å². The molecule has 0 unspecified atom stereocenters. The minimum Gasteiger partial charge on any atom is -0.343 e. The Morgan fingerprint density at radius 1 is 1.12 bits per heavy atom. The number of hydrogen-bond acceptors (Lipinski definition) is 3. The van der Waals surface area contributed by atoms with Gasteiger partial charge in [-0.2, -0.15) is 0 Å². The Kier molecular flexibility index (Phi) is 6.77. The summed E-state index contributed by atoms with van der Waals surface area (Å²) in [6, 6.07) is 6.63. The summed E-state index contributed by atoms with van der Waals surface area (Å²) < 4.78 is 0. The number of nitrogens with zero attached hydrogens (tertiary/aromatic N) is 2. The topological polar surface area (TPSA) is 40.6 Å². The smallest absolute Gasteiger partial charge is 0.223 e. The lowest BCUT2D eigenvalue weighted by Gasteiger charge is -2.38. The number of hydrogen-bond donors (Lipinski definition) is 0. The van der Waals surface area contributed by atoms with Crippen LogP contribution in [0.3, 0.4) is 0 Å². The van der Waals surface area contributed by atoms with E-state index in [-0.39, 0.29) is 18.1 Å². The number of ketones is 1. The van der Waals surface area contributed by atoms with Crippen LogP contribution in [0.15, 0.2) is 18.2 Å². The molecule has 1 aliphatic rings. The number of rotatable bonds is 6. The first kappa shape index (κ1) is 19.6. The second-order valence-electron chi connectivity index (χ2n) is 7.59. The highest BCUT2D eigenvalue weighted by atomic mass is 16.2. The molecule has 0 aromatic heterocycles. The molecule has 0 atom stereocenters. The van der Waals surface area contributed by atoms with Gasteiger partial charge in [0.2, 0.25) is 5.91 Å². The van der Waals surface area contributed by atoms with Crippen LogP contribution in [0, 0.1) is 13.8 Å². The fourth-order valence-corrected chi connectivity index (χ4v) is 3.45. The van der Waals surface area contributed by atoms with Gasteiger partial charge in [0.1, 0.15) is 0 Å². The van der Waals surface area contributed by atoms with E-state index in [2.05, 4.69) is 18.7 Å². The van der Waals surface area contributed by atoms with Gasteiger partial charge < -0.3 is 9.80 Å². The Morgan fingerprint density at radius 2 is 1.76 bits per heavy atom. The SMILES string of the molecule is Cc1ccc(C(=O)CCC(=O)N(C)C2CCN(C(C)C)CC2)cc1C. The van der Waals surface area contributed by atoms with Gasteiger partial charge in [0.15, 0.2) is 5.78 Å². The zero-order valence-electron chi connectivity index (χ0n) is 16.3. The van der Waals surface area contributed by atoms with Crippen LogP contribution in [0.2, 0.25) is 0 Å². The van der Waals surface area contributed by atoms with Crippen LogP contribution in [-0.2, 0) is 4.79 Å². The van der Waals surface area contributed by atoms with Crippen molar-refractivity contribution in [1.29, 1.82) is 0 Å². The average molecular weight is 344 g/mol. The van der Waals surface area contributed by atoms with E-state index in [0.29, 0.717) is 24.1 Å². The normalized spacial score (nSPS) is 16.2. The summed E-state index contributed by atoms with van der Waals surface area (Å²) in [5.74, 6) is 0.139. The zero-order chi connectivity index (χ0) is 18.6. The number of aryl methyl sites for hydroxylation is 2. The second kappa shape index (κ2) is 8.61. The number of Topliss-reactive ketones (excluding diaryl/α,β-unsaturated/α-hetero) is 1. The van der Waals surface area contributed by atoms with Crippen molar-refractivity contribution >= 4 is 11.7 Å². The minimum absolute atomic E-state index is 0.0551. The summed E-state index contributed by atoms with van der Waals surface area (Å²) in [5.41, 5.74) is 3.01. The first-order valence-electron chi connectivity index (χ1n) is 9.39. The van der Waals surface area contributed by atoms with Gasteiger partial charge in [0.25, 0.3) is 0 Å². The van der Waals surface area contributed by atoms with Crippen molar-refractivity contribution < 1.29 is 9.59 Å². The number of likely N-dealkylation sites (tertiary alicyclic amines) is 1. The minimum atomic E-state index is 0.0551. The van der Waals surface area contributed by atoms with Crippen molar-refractivity contribution in [2.45, 2.75) is 65.5 Å². The third-order valence-corrected chi connectivity index (χ3v) is 5.57. The van der Waals surface area contributed by atoms with E-state index in [0.717, 1.165) is 31.5 Å². The van der Waals surface area contributed by atoms with Crippen molar-refractivity contribution in [2.75, 3.05) is 20.1 Å². The van der Waals surface area contributed by atoms with Crippen LogP contribution in [-0.4, -0.2) is 53.7 Å². The maximum Gasteiger partial charge on any atom is 0.223 e. The number of benzene rings is 1. The lowest BCUT2D eigenvalue weighted by molar-refractivity contribution is -0.132.